The van der Waals surface area contributed by atoms with Gasteiger partial charge in [-0.25, -0.2) is 13.1 Å². The maximum atomic E-state index is 12.0. The fourth-order valence-electron chi connectivity index (χ4n) is 1.39. The van der Waals surface area contributed by atoms with E-state index in [0.29, 0.717) is 0 Å². The number of nitriles is 1. The molecule has 0 fully saturated rings. The third-order valence-corrected chi connectivity index (χ3v) is 3.95. The SMILES string of the molecule is CN(C)C(=O)CCNS(=O)(=O)c1ccccc1C#N. The van der Waals surface area contributed by atoms with E-state index in [1.807, 2.05) is 6.07 Å². The topological polar surface area (TPSA) is 90.3 Å². The predicted molar refractivity (Wildman–Crippen MR) is 69.7 cm³/mol. The number of sulfonamides is 1. The second-order valence-corrected chi connectivity index (χ2v) is 5.78. The van der Waals surface area contributed by atoms with Crippen molar-refractivity contribution in [2.24, 2.45) is 0 Å². The minimum atomic E-state index is -3.77. The summed E-state index contributed by atoms with van der Waals surface area (Å²) in [5.74, 6) is -0.170. The van der Waals surface area contributed by atoms with Crippen LogP contribution in [0, 0.1) is 11.3 Å². The lowest BCUT2D eigenvalue weighted by Gasteiger charge is -2.11. The Morgan fingerprint density at radius 1 is 1.37 bits per heavy atom. The van der Waals surface area contributed by atoms with Gasteiger partial charge in [-0.15, -0.1) is 0 Å². The van der Waals surface area contributed by atoms with E-state index in [1.165, 1.54) is 17.0 Å². The van der Waals surface area contributed by atoms with Gasteiger partial charge in [0.25, 0.3) is 0 Å². The minimum Gasteiger partial charge on any atom is -0.349 e. The lowest BCUT2D eigenvalue weighted by molar-refractivity contribution is -0.128. The summed E-state index contributed by atoms with van der Waals surface area (Å²) in [5, 5.41) is 8.87. The molecule has 1 aromatic rings. The predicted octanol–water partition coefficient (Wildman–Crippen LogP) is 0.315. The molecule has 0 aliphatic rings. The van der Waals surface area contributed by atoms with E-state index in [-0.39, 0.29) is 29.3 Å². The van der Waals surface area contributed by atoms with Gasteiger partial charge in [0.1, 0.15) is 6.07 Å². The number of carbonyl (C=O) groups is 1. The normalized spacial score (nSPS) is 10.8. The highest BCUT2D eigenvalue weighted by atomic mass is 32.2. The Morgan fingerprint density at radius 2 is 2.00 bits per heavy atom. The Balaban J connectivity index is 2.78. The summed E-state index contributed by atoms with van der Waals surface area (Å²) in [6, 6.07) is 7.74. The Hall–Kier alpha value is -1.91. The molecule has 19 heavy (non-hydrogen) atoms. The highest BCUT2D eigenvalue weighted by Crippen LogP contribution is 2.13. The molecule has 7 heteroatoms. The average molecular weight is 281 g/mol. The van der Waals surface area contributed by atoms with Gasteiger partial charge in [0, 0.05) is 27.1 Å². The first kappa shape index (κ1) is 15.1. The molecule has 0 saturated heterocycles. The molecule has 0 saturated carbocycles. The number of carbonyl (C=O) groups excluding carboxylic acids is 1. The van der Waals surface area contributed by atoms with Crippen molar-refractivity contribution < 1.29 is 13.2 Å². The fraction of sp³-hybridized carbons (Fsp3) is 0.333. The maximum Gasteiger partial charge on any atom is 0.241 e. The Bertz CT molecular complexity index is 603. The molecule has 0 aliphatic heterocycles. The largest absolute Gasteiger partial charge is 0.349 e. The van der Waals surface area contributed by atoms with E-state index in [0.717, 1.165) is 0 Å². The van der Waals surface area contributed by atoms with Gasteiger partial charge in [-0.3, -0.25) is 4.79 Å². The van der Waals surface area contributed by atoms with Crippen LogP contribution in [0.25, 0.3) is 0 Å². The molecular weight excluding hydrogens is 266 g/mol. The zero-order chi connectivity index (χ0) is 14.5. The van der Waals surface area contributed by atoms with E-state index in [4.69, 9.17) is 5.26 Å². The molecular formula is C12H15N3O3S. The van der Waals surface area contributed by atoms with E-state index in [9.17, 15) is 13.2 Å². The molecule has 6 nitrogen and oxygen atoms in total. The van der Waals surface area contributed by atoms with Crippen LogP contribution in [0.15, 0.2) is 29.2 Å². The second kappa shape index (κ2) is 6.31. The summed E-state index contributed by atoms with van der Waals surface area (Å²) >= 11 is 0. The lowest BCUT2D eigenvalue weighted by Crippen LogP contribution is -2.30. The van der Waals surface area contributed by atoms with Crippen molar-refractivity contribution in [1.29, 1.82) is 5.26 Å². The average Bonchev–Trinajstić information content (AvgIpc) is 2.38. The van der Waals surface area contributed by atoms with Gasteiger partial charge in [-0.2, -0.15) is 5.26 Å². The Labute approximate surface area is 112 Å². The highest BCUT2D eigenvalue weighted by Gasteiger charge is 2.18. The molecule has 0 bridgehead atoms. The van der Waals surface area contributed by atoms with Gasteiger partial charge in [0.2, 0.25) is 15.9 Å². The number of rotatable bonds is 5. The van der Waals surface area contributed by atoms with Crippen molar-refractivity contribution in [3.63, 3.8) is 0 Å². The lowest BCUT2D eigenvalue weighted by atomic mass is 10.2. The third-order valence-electron chi connectivity index (χ3n) is 2.43. The van der Waals surface area contributed by atoms with E-state index < -0.39 is 10.0 Å². The minimum absolute atomic E-state index is 0.000883. The van der Waals surface area contributed by atoms with Crippen molar-refractivity contribution in [2.75, 3.05) is 20.6 Å². The number of nitrogens with zero attached hydrogens (tertiary/aromatic N) is 2. The van der Waals surface area contributed by atoms with Gasteiger partial charge < -0.3 is 4.90 Å². The molecule has 102 valence electrons. The summed E-state index contributed by atoms with van der Waals surface area (Å²) in [6.07, 6.45) is 0.0704. The second-order valence-electron chi connectivity index (χ2n) is 4.04. The molecule has 0 aromatic heterocycles. The van der Waals surface area contributed by atoms with Crippen LogP contribution in [0.4, 0.5) is 0 Å². The van der Waals surface area contributed by atoms with Crippen LogP contribution >= 0.6 is 0 Å². The number of hydrogen-bond acceptors (Lipinski definition) is 4. The van der Waals surface area contributed by atoms with Crippen molar-refractivity contribution in [3.05, 3.63) is 29.8 Å². The van der Waals surface area contributed by atoms with Crippen molar-refractivity contribution in [1.82, 2.24) is 9.62 Å². The summed E-state index contributed by atoms with van der Waals surface area (Å²) in [4.78, 5) is 12.6. The van der Waals surface area contributed by atoms with Crippen molar-refractivity contribution >= 4 is 15.9 Å². The summed E-state index contributed by atoms with van der Waals surface area (Å²) in [5.41, 5.74) is 0.0777. The van der Waals surface area contributed by atoms with Gasteiger partial charge in [-0.1, -0.05) is 12.1 Å². The number of hydrogen-bond donors (Lipinski definition) is 1. The van der Waals surface area contributed by atoms with Gasteiger partial charge in [-0.05, 0) is 12.1 Å². The van der Waals surface area contributed by atoms with Gasteiger partial charge in [0.15, 0.2) is 0 Å². The Morgan fingerprint density at radius 3 is 2.58 bits per heavy atom. The first-order valence-electron chi connectivity index (χ1n) is 5.57. The molecule has 1 rings (SSSR count). The van der Waals surface area contributed by atoms with Crippen LogP contribution in [0.1, 0.15) is 12.0 Å². The monoisotopic (exact) mass is 281 g/mol. The molecule has 1 N–H and O–H groups in total. The summed E-state index contributed by atoms with van der Waals surface area (Å²) in [7, 11) is -0.570. The molecule has 0 spiro atoms. The van der Waals surface area contributed by atoms with Crippen LogP contribution in [-0.4, -0.2) is 39.9 Å². The first-order valence-corrected chi connectivity index (χ1v) is 7.05. The highest BCUT2D eigenvalue weighted by molar-refractivity contribution is 7.89. The van der Waals surface area contributed by atoms with E-state index in [1.54, 1.807) is 26.2 Å². The first-order chi connectivity index (χ1) is 8.88. The Kier molecular flexibility index (Phi) is 5.03. The fourth-order valence-corrected chi connectivity index (χ4v) is 2.57. The van der Waals surface area contributed by atoms with Crippen LogP contribution in [0.3, 0.4) is 0 Å². The van der Waals surface area contributed by atoms with Crippen LogP contribution in [0.5, 0.6) is 0 Å². The molecule has 1 aromatic carbocycles. The summed E-state index contributed by atoms with van der Waals surface area (Å²) < 4.78 is 26.3. The standard InChI is InChI=1S/C12H15N3O3S/c1-15(2)12(16)7-8-14-19(17,18)11-6-4-3-5-10(11)9-13/h3-6,14H,7-8H2,1-2H3. The van der Waals surface area contributed by atoms with Crippen LogP contribution in [0.2, 0.25) is 0 Å². The van der Waals surface area contributed by atoms with Gasteiger partial charge >= 0.3 is 0 Å². The molecule has 1 amide bonds. The zero-order valence-electron chi connectivity index (χ0n) is 10.8. The maximum absolute atomic E-state index is 12.0. The molecule has 0 radical (unpaired) electrons. The number of nitrogens with one attached hydrogen (secondary N) is 1. The summed E-state index contributed by atoms with van der Waals surface area (Å²) in [6.45, 7) is -0.000883. The van der Waals surface area contributed by atoms with E-state index in [2.05, 4.69) is 4.72 Å². The number of amides is 1. The third kappa shape index (κ3) is 4.05. The zero-order valence-corrected chi connectivity index (χ0v) is 11.6. The molecule has 0 aliphatic carbocycles. The van der Waals surface area contributed by atoms with Crippen molar-refractivity contribution in [3.8, 4) is 6.07 Å². The molecule has 0 heterocycles. The van der Waals surface area contributed by atoms with Crippen molar-refractivity contribution in [2.45, 2.75) is 11.3 Å². The van der Waals surface area contributed by atoms with Gasteiger partial charge in [0.05, 0.1) is 10.5 Å². The van der Waals surface area contributed by atoms with Crippen LogP contribution in [-0.2, 0) is 14.8 Å². The quantitative estimate of drug-likeness (QED) is 0.841. The number of benzene rings is 1. The van der Waals surface area contributed by atoms with E-state index >= 15 is 0 Å². The van der Waals surface area contributed by atoms with Crippen LogP contribution < -0.4 is 4.72 Å². The molecule has 0 unspecified atom stereocenters. The smallest absolute Gasteiger partial charge is 0.241 e. The molecule has 0 atom stereocenters.